The van der Waals surface area contributed by atoms with Gasteiger partial charge in [-0.15, -0.1) is 0 Å². The molecule has 40 heavy (non-hydrogen) atoms. The van der Waals surface area contributed by atoms with Crippen molar-refractivity contribution < 1.29 is 14.6 Å². The van der Waals surface area contributed by atoms with E-state index in [1.807, 2.05) is 71.9 Å². The van der Waals surface area contributed by atoms with Crippen molar-refractivity contribution in [2.75, 3.05) is 0 Å². The van der Waals surface area contributed by atoms with Crippen molar-refractivity contribution in [1.29, 1.82) is 0 Å². The average molecular weight is 606 g/mol. The van der Waals surface area contributed by atoms with Gasteiger partial charge in [0.2, 0.25) is 0 Å². The summed E-state index contributed by atoms with van der Waals surface area (Å²) in [7, 11) is 0. The van der Waals surface area contributed by atoms with Crippen LogP contribution >= 0.6 is 34.8 Å². The molecule has 0 aliphatic rings. The van der Waals surface area contributed by atoms with Gasteiger partial charge < -0.3 is 9.84 Å². The highest BCUT2D eigenvalue weighted by Crippen LogP contribution is 2.32. The summed E-state index contributed by atoms with van der Waals surface area (Å²) in [6, 6.07) is 19.4. The Morgan fingerprint density at radius 3 is 1.93 bits per heavy atom. The van der Waals surface area contributed by atoms with Crippen LogP contribution in [0.4, 0.5) is 0 Å². The minimum absolute atomic E-state index is 0.143. The van der Waals surface area contributed by atoms with E-state index in [1.165, 1.54) is 12.1 Å². The average Bonchev–Trinajstić information content (AvgIpc) is 3.39. The molecular formula is C32H39Cl3N2O3. The van der Waals surface area contributed by atoms with Crippen LogP contribution in [0, 0.1) is 0 Å². The maximum Gasteiger partial charge on any atom is 0.335 e. The highest BCUT2D eigenvalue weighted by molar-refractivity contribution is 6.37. The Morgan fingerprint density at radius 2 is 1.43 bits per heavy atom. The van der Waals surface area contributed by atoms with Gasteiger partial charge in [-0.25, -0.2) is 9.48 Å². The lowest BCUT2D eigenvalue weighted by molar-refractivity contribution is 0.0697. The summed E-state index contributed by atoms with van der Waals surface area (Å²) in [4.78, 5) is 11.1. The molecule has 8 heteroatoms. The summed E-state index contributed by atoms with van der Waals surface area (Å²) >= 11 is 19.1. The van der Waals surface area contributed by atoms with E-state index in [0.717, 1.165) is 22.5 Å². The van der Waals surface area contributed by atoms with Crippen molar-refractivity contribution in [3.63, 3.8) is 0 Å². The fourth-order valence-electron chi connectivity index (χ4n) is 3.48. The van der Waals surface area contributed by atoms with Crippen molar-refractivity contribution in [1.82, 2.24) is 9.78 Å². The lowest BCUT2D eigenvalue weighted by atomic mass is 10.0. The molecule has 4 aromatic rings. The summed E-state index contributed by atoms with van der Waals surface area (Å²) in [6.45, 7) is 16.4. The second-order valence-electron chi connectivity index (χ2n) is 8.01. The van der Waals surface area contributed by atoms with Crippen molar-refractivity contribution in [2.24, 2.45) is 0 Å². The third-order valence-electron chi connectivity index (χ3n) is 5.31. The van der Waals surface area contributed by atoms with E-state index in [4.69, 9.17) is 49.7 Å². The second-order valence-corrected chi connectivity index (χ2v) is 9.23. The molecule has 1 aromatic heterocycles. The monoisotopic (exact) mass is 604 g/mol. The number of carboxylic acid groups (broad SMARTS) is 1. The van der Waals surface area contributed by atoms with Gasteiger partial charge >= 0.3 is 5.97 Å². The first-order chi connectivity index (χ1) is 19.2. The van der Waals surface area contributed by atoms with Crippen LogP contribution in [0.5, 0.6) is 5.75 Å². The minimum Gasteiger partial charge on any atom is -0.487 e. The summed E-state index contributed by atoms with van der Waals surface area (Å²) in [6.07, 6.45) is 0. The largest absolute Gasteiger partial charge is 0.487 e. The Morgan fingerprint density at radius 1 is 0.850 bits per heavy atom. The molecule has 0 spiro atoms. The Balaban J connectivity index is 0.00000125. The van der Waals surface area contributed by atoms with Gasteiger partial charge in [-0.05, 0) is 53.9 Å². The molecule has 0 bridgehead atoms. The van der Waals surface area contributed by atoms with E-state index in [1.54, 1.807) is 28.9 Å². The van der Waals surface area contributed by atoms with Crippen molar-refractivity contribution in [3.05, 3.63) is 98.7 Å². The first kappa shape index (κ1) is 35.0. The van der Waals surface area contributed by atoms with Gasteiger partial charge in [-0.3, -0.25) is 0 Å². The highest BCUT2D eigenvalue weighted by Gasteiger charge is 2.17. The number of hydrogen-bond donors (Lipinski definition) is 1. The Kier molecular flexibility index (Phi) is 15.5. The fraction of sp³-hybridized carbons (Fsp3) is 0.312. The molecule has 1 heterocycles. The number of halogens is 3. The number of carbonyl (C=O) groups is 1. The van der Waals surface area contributed by atoms with E-state index >= 15 is 0 Å². The van der Waals surface area contributed by atoms with Gasteiger partial charge in [0.25, 0.3) is 0 Å². The number of aromatic carboxylic acids is 1. The number of hydrogen-bond acceptors (Lipinski definition) is 3. The first-order valence-corrected chi connectivity index (χ1v) is 14.7. The number of para-hydroxylation sites is 1. The van der Waals surface area contributed by atoms with E-state index in [9.17, 15) is 4.79 Å². The lowest BCUT2D eigenvalue weighted by Gasteiger charge is -2.12. The molecule has 216 valence electrons. The van der Waals surface area contributed by atoms with Crippen molar-refractivity contribution in [3.8, 4) is 22.6 Å². The van der Waals surface area contributed by atoms with E-state index in [-0.39, 0.29) is 18.1 Å². The SMILES string of the molecule is CC.CC.CC.CC(C)c1cc(COc2ccc(-c3ccc(C(=O)O)cc3Cl)cc2)n(-c2c(Cl)cccc2Cl)n1. The van der Waals surface area contributed by atoms with Gasteiger partial charge in [0.15, 0.2) is 0 Å². The molecule has 3 aromatic carbocycles. The normalized spacial score (nSPS) is 9.90. The number of carboxylic acids is 1. The quantitative estimate of drug-likeness (QED) is 0.227. The zero-order valence-electron chi connectivity index (χ0n) is 24.4. The molecule has 0 aliphatic carbocycles. The molecule has 0 aliphatic heterocycles. The molecule has 1 N–H and O–H groups in total. The summed E-state index contributed by atoms with van der Waals surface area (Å²) in [5.74, 6) is -0.140. The summed E-state index contributed by atoms with van der Waals surface area (Å²) < 4.78 is 7.78. The van der Waals surface area contributed by atoms with Crippen LogP contribution < -0.4 is 4.74 Å². The predicted molar refractivity (Wildman–Crippen MR) is 170 cm³/mol. The third-order valence-corrected chi connectivity index (χ3v) is 6.23. The highest BCUT2D eigenvalue weighted by atomic mass is 35.5. The number of ether oxygens (including phenoxy) is 1. The minimum atomic E-state index is -1.02. The van der Waals surface area contributed by atoms with E-state index in [2.05, 4.69) is 13.8 Å². The van der Waals surface area contributed by atoms with Crippen molar-refractivity contribution in [2.45, 2.75) is 67.9 Å². The molecule has 5 nitrogen and oxygen atoms in total. The van der Waals surface area contributed by atoms with Crippen LogP contribution in [0.15, 0.2) is 66.7 Å². The molecule has 0 atom stereocenters. The second kappa shape index (κ2) is 17.6. The standard InChI is InChI=1S/C26H21Cl3N2O3.3C2H6/c1-15(2)24-13-18(31(30-24)25-21(27)4-3-5-22(25)28)14-34-19-9-6-16(7-10-19)20-11-8-17(26(32)33)12-23(20)29;3*1-2/h3-13,15H,14H2,1-2H3,(H,32,33);3*1-2H3. The number of rotatable bonds is 7. The predicted octanol–water partition coefficient (Wildman–Crippen LogP) is 11.0. The summed E-state index contributed by atoms with van der Waals surface area (Å²) in [5.41, 5.74) is 4.07. The van der Waals surface area contributed by atoms with Crippen LogP contribution in [-0.4, -0.2) is 20.9 Å². The number of nitrogens with zero attached hydrogens (tertiary/aromatic N) is 2. The maximum atomic E-state index is 11.1. The van der Waals surface area contributed by atoms with Gasteiger partial charge in [0, 0.05) is 10.6 Å². The molecule has 0 saturated carbocycles. The Bertz CT molecular complexity index is 1330. The van der Waals surface area contributed by atoms with Crippen LogP contribution in [0.25, 0.3) is 16.8 Å². The van der Waals surface area contributed by atoms with E-state index in [0.29, 0.717) is 26.5 Å². The topological polar surface area (TPSA) is 64.3 Å². The number of aromatic nitrogens is 2. The van der Waals surface area contributed by atoms with Crippen molar-refractivity contribution >= 4 is 40.8 Å². The van der Waals surface area contributed by atoms with Crippen LogP contribution in [0.1, 0.15) is 83.1 Å². The van der Waals surface area contributed by atoms with E-state index < -0.39 is 5.97 Å². The molecule has 0 saturated heterocycles. The molecule has 0 radical (unpaired) electrons. The Labute approximate surface area is 253 Å². The fourth-order valence-corrected chi connectivity index (χ4v) is 4.33. The lowest BCUT2D eigenvalue weighted by Crippen LogP contribution is -2.07. The number of benzene rings is 3. The van der Waals surface area contributed by atoms with Crippen LogP contribution in [-0.2, 0) is 6.61 Å². The van der Waals surface area contributed by atoms with Gasteiger partial charge in [-0.2, -0.15) is 5.10 Å². The Hall–Kier alpha value is -2.99. The zero-order chi connectivity index (χ0) is 30.4. The zero-order valence-corrected chi connectivity index (χ0v) is 26.7. The molecular weight excluding hydrogens is 567 g/mol. The molecule has 0 amide bonds. The van der Waals surface area contributed by atoms with Crippen LogP contribution in [0.3, 0.4) is 0 Å². The molecule has 0 unspecified atom stereocenters. The van der Waals surface area contributed by atoms with Gasteiger partial charge in [0.05, 0.1) is 27.0 Å². The summed E-state index contributed by atoms with van der Waals surface area (Å²) in [5, 5.41) is 15.2. The third kappa shape index (κ3) is 9.02. The van der Waals surface area contributed by atoms with Gasteiger partial charge in [-0.1, -0.05) is 114 Å². The molecule has 4 rings (SSSR count). The van der Waals surface area contributed by atoms with Crippen LogP contribution in [0.2, 0.25) is 15.1 Å². The maximum absolute atomic E-state index is 11.1. The van der Waals surface area contributed by atoms with Gasteiger partial charge in [0.1, 0.15) is 18.0 Å². The first-order valence-electron chi connectivity index (χ1n) is 13.5. The molecule has 0 fully saturated rings. The smallest absolute Gasteiger partial charge is 0.335 e.